The van der Waals surface area contributed by atoms with Crippen LogP contribution in [0.2, 0.25) is 0 Å². The number of carbonyl (C=O) groups excluding carboxylic acids is 1. The maximum atomic E-state index is 12.9. The van der Waals surface area contributed by atoms with E-state index in [0.717, 1.165) is 11.1 Å². The van der Waals surface area contributed by atoms with E-state index in [1.807, 2.05) is 13.0 Å². The van der Waals surface area contributed by atoms with Gasteiger partial charge in [-0.1, -0.05) is 29.8 Å². The zero-order chi connectivity index (χ0) is 20.4. The molecule has 29 heavy (non-hydrogen) atoms. The second-order valence-electron chi connectivity index (χ2n) is 6.62. The van der Waals surface area contributed by atoms with Crippen LogP contribution in [0.15, 0.2) is 82.2 Å². The van der Waals surface area contributed by atoms with Crippen LogP contribution in [0.4, 0.5) is 0 Å². The first kappa shape index (κ1) is 18.5. The van der Waals surface area contributed by atoms with Gasteiger partial charge in [0.2, 0.25) is 0 Å². The smallest absolute Gasteiger partial charge is 0.343 e. The predicted molar refractivity (Wildman–Crippen MR) is 111 cm³/mol. The van der Waals surface area contributed by atoms with E-state index in [0.29, 0.717) is 33.6 Å². The van der Waals surface area contributed by atoms with Gasteiger partial charge in [-0.05, 0) is 48.9 Å². The van der Waals surface area contributed by atoms with E-state index in [-0.39, 0.29) is 5.43 Å². The highest BCUT2D eigenvalue weighted by molar-refractivity contribution is 5.92. The molecule has 1 aromatic heterocycles. The molecule has 144 valence electrons. The third-order valence-corrected chi connectivity index (χ3v) is 4.61. The lowest BCUT2D eigenvalue weighted by atomic mass is 10.1. The molecule has 0 unspecified atom stereocenters. The second kappa shape index (κ2) is 7.64. The first-order chi connectivity index (χ1) is 14.0. The largest absolute Gasteiger partial charge is 0.497 e. The Labute approximate surface area is 167 Å². The molecule has 0 saturated carbocycles. The molecule has 4 aromatic rings. The highest BCUT2D eigenvalue weighted by Crippen LogP contribution is 2.25. The van der Waals surface area contributed by atoms with Crippen LogP contribution in [-0.2, 0) is 0 Å². The molecule has 0 atom stereocenters. The molecule has 1 heterocycles. The van der Waals surface area contributed by atoms with Gasteiger partial charge in [-0.2, -0.15) is 0 Å². The molecule has 0 fully saturated rings. The Kier molecular flexibility index (Phi) is 4.87. The van der Waals surface area contributed by atoms with Gasteiger partial charge in [-0.25, -0.2) is 4.79 Å². The standard InChI is InChI=1S/C24H18O5/c1-15-4-3-5-17(12-15)24(26)29-19-10-11-20-22(13-19)28-14-21(23(20)25)16-6-8-18(27-2)9-7-16/h3-14H,1-2H3. The Bertz CT molecular complexity index is 1250. The summed E-state index contributed by atoms with van der Waals surface area (Å²) in [5.41, 5.74) is 2.80. The van der Waals surface area contributed by atoms with Crippen molar-refractivity contribution >= 4 is 16.9 Å². The minimum absolute atomic E-state index is 0.159. The van der Waals surface area contributed by atoms with Crippen molar-refractivity contribution < 1.29 is 18.7 Å². The third kappa shape index (κ3) is 3.75. The van der Waals surface area contributed by atoms with Crippen LogP contribution in [0.3, 0.4) is 0 Å². The van der Waals surface area contributed by atoms with E-state index in [2.05, 4.69) is 0 Å². The van der Waals surface area contributed by atoms with Crippen LogP contribution in [0.5, 0.6) is 11.5 Å². The first-order valence-corrected chi connectivity index (χ1v) is 9.04. The van der Waals surface area contributed by atoms with Crippen molar-refractivity contribution in [1.29, 1.82) is 0 Å². The average Bonchev–Trinajstić information content (AvgIpc) is 2.74. The molecule has 0 N–H and O–H groups in total. The fourth-order valence-electron chi connectivity index (χ4n) is 3.08. The minimum Gasteiger partial charge on any atom is -0.497 e. The minimum atomic E-state index is -0.467. The molecular weight excluding hydrogens is 368 g/mol. The van der Waals surface area contributed by atoms with Gasteiger partial charge in [0.1, 0.15) is 23.3 Å². The molecule has 0 bridgehead atoms. The number of aryl methyl sites for hydroxylation is 1. The zero-order valence-corrected chi connectivity index (χ0v) is 16.0. The van der Waals surface area contributed by atoms with E-state index >= 15 is 0 Å². The van der Waals surface area contributed by atoms with Gasteiger partial charge in [0.25, 0.3) is 0 Å². The maximum Gasteiger partial charge on any atom is 0.343 e. The number of rotatable bonds is 4. The van der Waals surface area contributed by atoms with Gasteiger partial charge >= 0.3 is 5.97 Å². The Hall–Kier alpha value is -3.86. The highest BCUT2D eigenvalue weighted by atomic mass is 16.5. The molecule has 5 heteroatoms. The second-order valence-corrected chi connectivity index (χ2v) is 6.62. The molecule has 0 spiro atoms. The van der Waals surface area contributed by atoms with Crippen molar-refractivity contribution in [1.82, 2.24) is 0 Å². The molecule has 0 aliphatic heterocycles. The fourth-order valence-corrected chi connectivity index (χ4v) is 3.08. The molecular formula is C24H18O5. The van der Waals surface area contributed by atoms with Crippen molar-refractivity contribution in [2.75, 3.05) is 7.11 Å². The Balaban J connectivity index is 1.65. The summed E-state index contributed by atoms with van der Waals surface area (Å²) in [4.78, 5) is 25.2. The number of benzene rings is 3. The number of esters is 1. The Morgan fingerprint density at radius 1 is 0.931 bits per heavy atom. The summed E-state index contributed by atoms with van der Waals surface area (Å²) in [5.74, 6) is 0.550. The van der Waals surface area contributed by atoms with Crippen molar-refractivity contribution in [2.45, 2.75) is 6.92 Å². The predicted octanol–water partition coefficient (Wildman–Crippen LogP) is 5.00. The third-order valence-electron chi connectivity index (χ3n) is 4.61. The van der Waals surface area contributed by atoms with E-state index in [9.17, 15) is 9.59 Å². The number of ether oxygens (including phenoxy) is 2. The van der Waals surface area contributed by atoms with E-state index < -0.39 is 5.97 Å². The van der Waals surface area contributed by atoms with E-state index in [1.165, 1.54) is 6.26 Å². The van der Waals surface area contributed by atoms with Crippen LogP contribution >= 0.6 is 0 Å². The van der Waals surface area contributed by atoms with Gasteiger partial charge in [0.15, 0.2) is 5.43 Å². The summed E-state index contributed by atoms with van der Waals surface area (Å²) >= 11 is 0. The average molecular weight is 386 g/mol. The molecule has 3 aromatic carbocycles. The van der Waals surface area contributed by atoms with Gasteiger partial charge in [-0.3, -0.25) is 4.79 Å². The van der Waals surface area contributed by atoms with Gasteiger partial charge < -0.3 is 13.9 Å². The summed E-state index contributed by atoms with van der Waals surface area (Å²) in [6.45, 7) is 1.90. The van der Waals surface area contributed by atoms with Crippen LogP contribution in [0, 0.1) is 6.92 Å². The zero-order valence-electron chi connectivity index (χ0n) is 16.0. The van der Waals surface area contributed by atoms with Crippen LogP contribution < -0.4 is 14.9 Å². The molecule has 0 amide bonds. The summed E-state index contributed by atoms with van der Waals surface area (Å²) in [7, 11) is 1.59. The maximum absolute atomic E-state index is 12.9. The van der Waals surface area contributed by atoms with Crippen LogP contribution in [-0.4, -0.2) is 13.1 Å². The van der Waals surface area contributed by atoms with Gasteiger partial charge in [0.05, 0.1) is 23.6 Å². The number of carbonyl (C=O) groups is 1. The molecule has 4 rings (SSSR count). The molecule has 0 radical (unpaired) electrons. The van der Waals surface area contributed by atoms with Crippen molar-refractivity contribution in [3.05, 3.63) is 94.3 Å². The van der Waals surface area contributed by atoms with E-state index in [4.69, 9.17) is 13.9 Å². The number of hydrogen-bond donors (Lipinski definition) is 0. The number of fused-ring (bicyclic) bond motifs is 1. The normalized spacial score (nSPS) is 10.7. The lowest BCUT2D eigenvalue weighted by Gasteiger charge is -2.07. The summed E-state index contributed by atoms with van der Waals surface area (Å²) < 4.78 is 16.2. The van der Waals surface area contributed by atoms with E-state index in [1.54, 1.807) is 67.8 Å². The van der Waals surface area contributed by atoms with Crippen molar-refractivity contribution in [3.8, 4) is 22.6 Å². The monoisotopic (exact) mass is 386 g/mol. The van der Waals surface area contributed by atoms with Crippen molar-refractivity contribution in [2.24, 2.45) is 0 Å². The van der Waals surface area contributed by atoms with Crippen LogP contribution in [0.25, 0.3) is 22.1 Å². The lowest BCUT2D eigenvalue weighted by Crippen LogP contribution is -2.09. The summed E-state index contributed by atoms with van der Waals surface area (Å²) in [5, 5.41) is 0.411. The fraction of sp³-hybridized carbons (Fsp3) is 0.0833. The SMILES string of the molecule is COc1ccc(-c2coc3cc(OC(=O)c4cccc(C)c4)ccc3c2=O)cc1. The van der Waals surface area contributed by atoms with Crippen LogP contribution in [0.1, 0.15) is 15.9 Å². The summed E-state index contributed by atoms with van der Waals surface area (Å²) in [6.07, 6.45) is 1.42. The first-order valence-electron chi connectivity index (χ1n) is 9.04. The van der Waals surface area contributed by atoms with Crippen molar-refractivity contribution in [3.63, 3.8) is 0 Å². The van der Waals surface area contributed by atoms with Gasteiger partial charge in [-0.15, -0.1) is 0 Å². The highest BCUT2D eigenvalue weighted by Gasteiger charge is 2.13. The van der Waals surface area contributed by atoms with Gasteiger partial charge in [0, 0.05) is 6.07 Å². The quantitative estimate of drug-likeness (QED) is 0.365. The lowest BCUT2D eigenvalue weighted by molar-refractivity contribution is 0.0735. The molecule has 5 nitrogen and oxygen atoms in total. The molecule has 0 aliphatic carbocycles. The molecule has 0 saturated heterocycles. The summed E-state index contributed by atoms with van der Waals surface area (Å²) in [6, 6.07) is 19.1. The Morgan fingerprint density at radius 3 is 2.41 bits per heavy atom. The Morgan fingerprint density at radius 2 is 1.69 bits per heavy atom. The number of hydrogen-bond acceptors (Lipinski definition) is 5. The molecule has 0 aliphatic rings. The topological polar surface area (TPSA) is 65.7 Å². The number of methoxy groups -OCH3 is 1.